The molecule has 0 bridgehead atoms. The van der Waals surface area contributed by atoms with Crippen molar-refractivity contribution in [3.05, 3.63) is 70.1 Å². The van der Waals surface area contributed by atoms with Crippen molar-refractivity contribution in [1.29, 1.82) is 5.26 Å². The average Bonchev–Trinajstić information content (AvgIpc) is 3.11. The first-order chi connectivity index (χ1) is 16.0. The van der Waals surface area contributed by atoms with E-state index < -0.39 is 11.1 Å². The monoisotopic (exact) mass is 463 g/mol. The van der Waals surface area contributed by atoms with E-state index in [1.807, 2.05) is 12.1 Å². The molecule has 0 atom stereocenters. The lowest BCUT2D eigenvalue weighted by Crippen LogP contribution is -2.46. The second-order valence-electron chi connectivity index (χ2n) is 7.39. The van der Waals surface area contributed by atoms with E-state index in [9.17, 15) is 14.4 Å². The lowest BCUT2D eigenvalue weighted by atomic mass is 10.1. The molecule has 8 nitrogen and oxygen atoms in total. The van der Waals surface area contributed by atoms with Crippen molar-refractivity contribution in [2.24, 2.45) is 0 Å². The second-order valence-corrected chi connectivity index (χ2v) is 8.38. The highest BCUT2D eigenvalue weighted by atomic mass is 32.2. The molecule has 3 amide bonds. The number of carbonyl (C=O) groups is 3. The summed E-state index contributed by atoms with van der Waals surface area (Å²) in [6, 6.07) is 16.4. The van der Waals surface area contributed by atoms with Gasteiger partial charge in [-0.3, -0.25) is 19.3 Å². The number of hydrogen-bond donors (Lipinski definition) is 0. The number of thioether (sulfide) groups is 1. The van der Waals surface area contributed by atoms with E-state index in [1.54, 1.807) is 47.4 Å². The minimum Gasteiger partial charge on any atom is -0.489 e. The lowest BCUT2D eigenvalue weighted by Gasteiger charge is -2.28. The summed E-state index contributed by atoms with van der Waals surface area (Å²) in [4.78, 5) is 40.3. The fourth-order valence-corrected chi connectivity index (χ4v) is 4.25. The van der Waals surface area contributed by atoms with E-state index in [0.29, 0.717) is 37.6 Å². The predicted octanol–water partition coefficient (Wildman–Crippen LogP) is 3.03. The quantitative estimate of drug-likeness (QED) is 0.607. The maximum Gasteiger partial charge on any atom is 0.294 e. The topological polar surface area (TPSA) is 99.9 Å². The Balaban J connectivity index is 1.37. The van der Waals surface area contributed by atoms with Gasteiger partial charge in [0.1, 0.15) is 18.9 Å². The molecule has 0 aromatic heterocycles. The standard InChI is InChI=1S/C24H21N3O5S/c25-14-18-3-1-2-4-19(18)16-32-20-7-5-17(6-8-20)13-21-23(29)27(24(30)33-21)15-22(28)26-9-11-31-12-10-26/h1-8,13H,9-12,15-16H2/b21-13+. The van der Waals surface area contributed by atoms with Crippen LogP contribution in [0.25, 0.3) is 6.08 Å². The summed E-state index contributed by atoms with van der Waals surface area (Å²) in [5.41, 5.74) is 2.09. The average molecular weight is 464 g/mol. The van der Waals surface area contributed by atoms with E-state index in [-0.39, 0.29) is 24.0 Å². The van der Waals surface area contributed by atoms with Crippen molar-refractivity contribution in [2.75, 3.05) is 32.8 Å². The molecule has 0 unspecified atom stereocenters. The minimum absolute atomic E-state index is 0.263. The third kappa shape index (κ3) is 5.42. The van der Waals surface area contributed by atoms with Gasteiger partial charge in [-0.25, -0.2) is 0 Å². The molecular formula is C24H21N3O5S. The van der Waals surface area contributed by atoms with Crippen LogP contribution in [0, 0.1) is 11.3 Å². The van der Waals surface area contributed by atoms with E-state index in [0.717, 1.165) is 27.8 Å². The zero-order valence-corrected chi connectivity index (χ0v) is 18.5. The number of ether oxygens (including phenoxy) is 2. The van der Waals surface area contributed by atoms with Crippen LogP contribution in [0.1, 0.15) is 16.7 Å². The highest BCUT2D eigenvalue weighted by Gasteiger charge is 2.37. The molecule has 9 heteroatoms. The van der Waals surface area contributed by atoms with Crippen LogP contribution in [-0.4, -0.2) is 59.7 Å². The van der Waals surface area contributed by atoms with Crippen molar-refractivity contribution in [3.63, 3.8) is 0 Å². The van der Waals surface area contributed by atoms with Crippen LogP contribution in [-0.2, 0) is 20.9 Å². The molecule has 2 aliphatic heterocycles. The van der Waals surface area contributed by atoms with Gasteiger partial charge in [-0.15, -0.1) is 0 Å². The van der Waals surface area contributed by atoms with Crippen LogP contribution in [0.15, 0.2) is 53.4 Å². The van der Waals surface area contributed by atoms with Crippen molar-refractivity contribution >= 4 is 34.9 Å². The molecule has 2 heterocycles. The fourth-order valence-electron chi connectivity index (χ4n) is 3.41. The Labute approximate surface area is 195 Å². The van der Waals surface area contributed by atoms with Gasteiger partial charge in [-0.05, 0) is 41.6 Å². The number of nitriles is 1. The third-order valence-electron chi connectivity index (χ3n) is 5.24. The number of imide groups is 1. The zero-order chi connectivity index (χ0) is 23.2. The first-order valence-electron chi connectivity index (χ1n) is 10.4. The van der Waals surface area contributed by atoms with Crippen molar-refractivity contribution < 1.29 is 23.9 Å². The summed E-state index contributed by atoms with van der Waals surface area (Å²) in [6.45, 7) is 1.83. The van der Waals surface area contributed by atoms with Gasteiger partial charge in [-0.2, -0.15) is 5.26 Å². The molecule has 2 fully saturated rings. The smallest absolute Gasteiger partial charge is 0.294 e. The summed E-state index contributed by atoms with van der Waals surface area (Å²) < 4.78 is 11.0. The van der Waals surface area contributed by atoms with Crippen LogP contribution in [0.2, 0.25) is 0 Å². The predicted molar refractivity (Wildman–Crippen MR) is 122 cm³/mol. The minimum atomic E-state index is -0.472. The molecule has 0 radical (unpaired) electrons. The van der Waals surface area contributed by atoms with Crippen LogP contribution in [0.4, 0.5) is 4.79 Å². The molecule has 2 aromatic carbocycles. The first-order valence-corrected chi connectivity index (χ1v) is 11.2. The van der Waals surface area contributed by atoms with Gasteiger partial charge in [0.05, 0.1) is 29.8 Å². The summed E-state index contributed by atoms with van der Waals surface area (Å²) in [5.74, 6) is -0.120. The first kappa shape index (κ1) is 22.6. The third-order valence-corrected chi connectivity index (χ3v) is 6.15. The molecule has 0 saturated carbocycles. The van der Waals surface area contributed by atoms with Gasteiger partial charge in [0, 0.05) is 18.7 Å². The molecular weight excluding hydrogens is 442 g/mol. The van der Waals surface area contributed by atoms with Gasteiger partial charge in [0.15, 0.2) is 0 Å². The SMILES string of the molecule is N#Cc1ccccc1COc1ccc(/C=C2/SC(=O)N(CC(=O)N3CCOCC3)C2=O)cc1. The Morgan fingerprint density at radius 1 is 1.12 bits per heavy atom. The number of amides is 3. The summed E-state index contributed by atoms with van der Waals surface area (Å²) in [5, 5.41) is 8.71. The Hall–Kier alpha value is -3.61. The maximum absolute atomic E-state index is 12.7. The Morgan fingerprint density at radius 2 is 1.85 bits per heavy atom. The normalized spacial score (nSPS) is 17.4. The highest BCUT2D eigenvalue weighted by molar-refractivity contribution is 8.18. The van der Waals surface area contributed by atoms with Gasteiger partial charge < -0.3 is 14.4 Å². The Bertz CT molecular complexity index is 1130. The molecule has 33 heavy (non-hydrogen) atoms. The van der Waals surface area contributed by atoms with Crippen molar-refractivity contribution in [1.82, 2.24) is 9.80 Å². The number of nitrogens with zero attached hydrogens (tertiary/aromatic N) is 3. The van der Waals surface area contributed by atoms with E-state index >= 15 is 0 Å². The molecule has 4 rings (SSSR count). The van der Waals surface area contributed by atoms with Crippen LogP contribution in [0.3, 0.4) is 0 Å². The summed E-state index contributed by atoms with van der Waals surface area (Å²) in [7, 11) is 0. The molecule has 0 N–H and O–H groups in total. The van der Waals surface area contributed by atoms with E-state index in [4.69, 9.17) is 14.7 Å². The maximum atomic E-state index is 12.7. The number of benzene rings is 2. The van der Waals surface area contributed by atoms with Gasteiger partial charge in [0.25, 0.3) is 11.1 Å². The number of morpholine rings is 1. The number of carbonyl (C=O) groups excluding carboxylic acids is 3. The summed E-state index contributed by atoms with van der Waals surface area (Å²) >= 11 is 0.822. The molecule has 2 aromatic rings. The second kappa shape index (κ2) is 10.3. The van der Waals surface area contributed by atoms with Crippen LogP contribution >= 0.6 is 11.8 Å². The molecule has 168 valence electrons. The number of rotatable bonds is 6. The van der Waals surface area contributed by atoms with Crippen LogP contribution in [0.5, 0.6) is 5.75 Å². The highest BCUT2D eigenvalue weighted by Crippen LogP contribution is 2.32. The van der Waals surface area contributed by atoms with Crippen LogP contribution < -0.4 is 4.74 Å². The zero-order valence-electron chi connectivity index (χ0n) is 17.7. The van der Waals surface area contributed by atoms with E-state index in [2.05, 4.69) is 6.07 Å². The molecule has 0 aliphatic carbocycles. The van der Waals surface area contributed by atoms with E-state index in [1.165, 1.54) is 0 Å². The molecule has 2 saturated heterocycles. The largest absolute Gasteiger partial charge is 0.489 e. The fraction of sp³-hybridized carbons (Fsp3) is 0.250. The van der Waals surface area contributed by atoms with Crippen molar-refractivity contribution in [3.8, 4) is 11.8 Å². The van der Waals surface area contributed by atoms with Crippen molar-refractivity contribution in [2.45, 2.75) is 6.61 Å². The summed E-state index contributed by atoms with van der Waals surface area (Å²) in [6.07, 6.45) is 1.62. The Morgan fingerprint density at radius 3 is 2.58 bits per heavy atom. The molecule has 0 spiro atoms. The lowest BCUT2D eigenvalue weighted by molar-refractivity contribution is -0.139. The Kier molecular flexibility index (Phi) is 7.07. The molecule has 2 aliphatic rings. The number of hydrogen-bond acceptors (Lipinski definition) is 7. The van der Waals surface area contributed by atoms with Gasteiger partial charge in [0.2, 0.25) is 5.91 Å². The van der Waals surface area contributed by atoms with Gasteiger partial charge in [-0.1, -0.05) is 30.3 Å². The van der Waals surface area contributed by atoms with Gasteiger partial charge >= 0.3 is 0 Å².